The summed E-state index contributed by atoms with van der Waals surface area (Å²) in [5, 5.41) is 2.88. The zero-order chi connectivity index (χ0) is 33.9. The molecule has 0 spiro atoms. The van der Waals surface area contributed by atoms with Crippen LogP contribution in [0, 0.1) is 0 Å². The van der Waals surface area contributed by atoms with E-state index in [0.717, 1.165) is 19.9 Å². The molecule has 48 heavy (non-hydrogen) atoms. The average molecular weight is 727 g/mol. The molecule has 0 radical (unpaired) electrons. The van der Waals surface area contributed by atoms with Gasteiger partial charge in [-0.2, -0.15) is 0 Å². The van der Waals surface area contributed by atoms with Gasteiger partial charge in [0, 0.05) is 24.0 Å². The number of nitrogens with zero attached hydrogens (tertiary/aromatic N) is 2. The number of halogens is 1. The van der Waals surface area contributed by atoms with Crippen molar-refractivity contribution in [3.63, 3.8) is 0 Å². The van der Waals surface area contributed by atoms with Gasteiger partial charge in [-0.3, -0.25) is 13.9 Å². The van der Waals surface area contributed by atoms with Crippen LogP contribution in [0.3, 0.4) is 0 Å². The molecule has 1 N–H and O–H groups in total. The summed E-state index contributed by atoms with van der Waals surface area (Å²) in [6.07, 6.45) is 0.239. The number of para-hydroxylation sites is 1. The molecular formula is C38H36BrN3O5S. The van der Waals surface area contributed by atoms with Crippen LogP contribution in [0.1, 0.15) is 18.1 Å². The molecular weight excluding hydrogens is 690 g/mol. The van der Waals surface area contributed by atoms with Gasteiger partial charge in [0.1, 0.15) is 24.1 Å². The quantitative estimate of drug-likeness (QED) is 0.131. The lowest BCUT2D eigenvalue weighted by molar-refractivity contribution is -0.140. The number of nitrogens with one attached hydrogen (secondary N) is 1. The highest BCUT2D eigenvalue weighted by Gasteiger charge is 2.34. The predicted octanol–water partition coefficient (Wildman–Crippen LogP) is 7.21. The van der Waals surface area contributed by atoms with Crippen molar-refractivity contribution in [3.05, 3.63) is 155 Å². The number of sulfonamides is 1. The fourth-order valence-electron chi connectivity index (χ4n) is 5.23. The molecule has 5 aromatic rings. The second kappa shape index (κ2) is 16.3. The molecule has 0 aliphatic rings. The zero-order valence-electron chi connectivity index (χ0n) is 26.4. The molecule has 1 atom stereocenters. The molecule has 246 valence electrons. The van der Waals surface area contributed by atoms with Crippen LogP contribution >= 0.6 is 15.9 Å². The number of ether oxygens (including phenoxy) is 1. The molecule has 0 aromatic heterocycles. The summed E-state index contributed by atoms with van der Waals surface area (Å²) >= 11 is 3.50. The summed E-state index contributed by atoms with van der Waals surface area (Å²) in [5.41, 5.74) is 1.91. The van der Waals surface area contributed by atoms with E-state index in [0.29, 0.717) is 18.0 Å². The number of carbonyl (C=O) groups excluding carboxylic acids is 2. The Balaban J connectivity index is 1.54. The molecule has 0 heterocycles. The molecule has 10 heteroatoms. The van der Waals surface area contributed by atoms with E-state index in [1.807, 2.05) is 91.9 Å². The minimum Gasteiger partial charge on any atom is -0.457 e. The summed E-state index contributed by atoms with van der Waals surface area (Å²) < 4.78 is 36.2. The van der Waals surface area contributed by atoms with Crippen molar-refractivity contribution in [1.29, 1.82) is 0 Å². The van der Waals surface area contributed by atoms with Gasteiger partial charge in [-0.15, -0.1) is 0 Å². The van der Waals surface area contributed by atoms with E-state index in [9.17, 15) is 18.0 Å². The van der Waals surface area contributed by atoms with Crippen molar-refractivity contribution in [3.8, 4) is 11.5 Å². The van der Waals surface area contributed by atoms with Crippen LogP contribution in [0.5, 0.6) is 11.5 Å². The summed E-state index contributed by atoms with van der Waals surface area (Å²) in [4.78, 5) is 29.7. The van der Waals surface area contributed by atoms with Gasteiger partial charge >= 0.3 is 0 Å². The van der Waals surface area contributed by atoms with E-state index in [1.165, 1.54) is 17.0 Å². The number of hydrogen-bond acceptors (Lipinski definition) is 5. The Kier molecular flexibility index (Phi) is 11.7. The monoisotopic (exact) mass is 725 g/mol. The van der Waals surface area contributed by atoms with Gasteiger partial charge in [0.25, 0.3) is 10.0 Å². The van der Waals surface area contributed by atoms with Crippen molar-refractivity contribution in [1.82, 2.24) is 10.2 Å². The maximum absolute atomic E-state index is 14.5. The second-order valence-corrected chi connectivity index (χ2v) is 13.8. The predicted molar refractivity (Wildman–Crippen MR) is 191 cm³/mol. The standard InChI is InChI=1S/C38H36BrN3O5S/c1-2-40-38(44)36(26-29-13-6-3-7-14-29)41(27-30-15-12-16-31(39)25-30)37(43)28-42(48(45,46)35-19-10-5-11-20-35)32-21-23-34(24-22-32)47-33-17-8-4-9-18-33/h3-25,36H,2,26-28H2,1H3,(H,40,44). The van der Waals surface area contributed by atoms with Crippen molar-refractivity contribution >= 4 is 43.5 Å². The van der Waals surface area contributed by atoms with E-state index in [1.54, 1.807) is 42.5 Å². The lowest BCUT2D eigenvalue weighted by Crippen LogP contribution is -2.53. The number of carbonyl (C=O) groups is 2. The first kappa shape index (κ1) is 34.4. The summed E-state index contributed by atoms with van der Waals surface area (Å²) in [5.74, 6) is 0.270. The van der Waals surface area contributed by atoms with Crippen LogP contribution in [0.2, 0.25) is 0 Å². The molecule has 0 aliphatic carbocycles. The number of hydrogen-bond donors (Lipinski definition) is 1. The van der Waals surface area contributed by atoms with Crippen molar-refractivity contribution < 1.29 is 22.7 Å². The lowest BCUT2D eigenvalue weighted by Gasteiger charge is -2.34. The highest BCUT2D eigenvalue weighted by atomic mass is 79.9. The van der Waals surface area contributed by atoms with Gasteiger partial charge in [0.2, 0.25) is 11.8 Å². The van der Waals surface area contributed by atoms with E-state index >= 15 is 0 Å². The van der Waals surface area contributed by atoms with Gasteiger partial charge in [0.05, 0.1) is 10.6 Å². The van der Waals surface area contributed by atoms with Crippen LogP contribution in [-0.4, -0.2) is 44.3 Å². The minimum absolute atomic E-state index is 0.0329. The first-order valence-electron chi connectivity index (χ1n) is 15.5. The topological polar surface area (TPSA) is 96.0 Å². The molecule has 8 nitrogen and oxygen atoms in total. The van der Waals surface area contributed by atoms with Crippen LogP contribution in [-0.2, 0) is 32.6 Å². The van der Waals surface area contributed by atoms with Crippen molar-refractivity contribution in [2.24, 2.45) is 0 Å². The van der Waals surface area contributed by atoms with Gasteiger partial charge in [0.15, 0.2) is 0 Å². The van der Waals surface area contributed by atoms with E-state index in [4.69, 9.17) is 4.74 Å². The molecule has 0 aliphatic heterocycles. The Labute approximate surface area is 290 Å². The Morgan fingerprint density at radius 3 is 1.96 bits per heavy atom. The zero-order valence-corrected chi connectivity index (χ0v) is 28.8. The molecule has 5 aromatic carbocycles. The molecule has 5 rings (SSSR count). The normalized spacial score (nSPS) is 11.7. The Hall–Kier alpha value is -4.93. The van der Waals surface area contributed by atoms with Crippen LogP contribution in [0.15, 0.2) is 149 Å². The maximum Gasteiger partial charge on any atom is 0.264 e. The van der Waals surface area contributed by atoms with Crippen LogP contribution in [0.4, 0.5) is 5.69 Å². The van der Waals surface area contributed by atoms with Gasteiger partial charge in [-0.05, 0) is 78.7 Å². The summed E-state index contributed by atoms with van der Waals surface area (Å²) in [6.45, 7) is 1.72. The second-order valence-electron chi connectivity index (χ2n) is 11.0. The van der Waals surface area contributed by atoms with Gasteiger partial charge < -0.3 is 15.0 Å². The molecule has 0 bridgehead atoms. The van der Waals surface area contributed by atoms with Crippen LogP contribution in [0.25, 0.3) is 0 Å². The lowest BCUT2D eigenvalue weighted by atomic mass is 10.0. The molecule has 1 unspecified atom stereocenters. The molecule has 0 saturated carbocycles. The van der Waals surface area contributed by atoms with E-state index < -0.39 is 28.5 Å². The Bertz CT molecular complexity index is 1910. The first-order chi connectivity index (χ1) is 23.2. The Morgan fingerprint density at radius 2 is 1.33 bits per heavy atom. The van der Waals surface area contributed by atoms with Crippen molar-refractivity contribution in [2.45, 2.75) is 30.8 Å². The fourth-order valence-corrected chi connectivity index (χ4v) is 7.11. The number of anilines is 1. The Morgan fingerprint density at radius 1 is 0.750 bits per heavy atom. The molecule has 0 fully saturated rings. The fraction of sp³-hybridized carbons (Fsp3) is 0.158. The largest absolute Gasteiger partial charge is 0.457 e. The summed E-state index contributed by atoms with van der Waals surface area (Å²) in [7, 11) is -4.21. The number of benzene rings is 5. The first-order valence-corrected chi connectivity index (χ1v) is 17.7. The highest BCUT2D eigenvalue weighted by molar-refractivity contribution is 9.10. The number of rotatable bonds is 14. The SMILES string of the molecule is CCNC(=O)C(Cc1ccccc1)N(Cc1cccc(Br)c1)C(=O)CN(c1ccc(Oc2ccccc2)cc1)S(=O)(=O)c1ccccc1. The molecule has 2 amide bonds. The van der Waals surface area contributed by atoms with Crippen molar-refractivity contribution in [2.75, 3.05) is 17.4 Å². The third-order valence-corrected chi connectivity index (χ3v) is 9.86. The number of likely N-dealkylation sites (N-methyl/N-ethyl adjacent to an activating group) is 1. The highest BCUT2D eigenvalue weighted by Crippen LogP contribution is 2.29. The van der Waals surface area contributed by atoms with Crippen LogP contribution < -0.4 is 14.4 Å². The van der Waals surface area contributed by atoms with Gasteiger partial charge in [-0.25, -0.2) is 8.42 Å². The smallest absolute Gasteiger partial charge is 0.264 e. The van der Waals surface area contributed by atoms with E-state index in [-0.39, 0.29) is 29.5 Å². The third kappa shape index (κ3) is 8.90. The molecule has 0 saturated heterocycles. The number of amides is 2. The third-order valence-electron chi connectivity index (χ3n) is 7.58. The van der Waals surface area contributed by atoms with Gasteiger partial charge in [-0.1, -0.05) is 94.8 Å². The summed E-state index contributed by atoms with van der Waals surface area (Å²) in [6, 6.07) is 39.7. The minimum atomic E-state index is -4.21. The maximum atomic E-state index is 14.5. The average Bonchev–Trinajstić information content (AvgIpc) is 3.10. The van der Waals surface area contributed by atoms with E-state index in [2.05, 4.69) is 21.2 Å².